The number of rotatable bonds is 1. The van der Waals surface area contributed by atoms with Gasteiger partial charge in [-0.3, -0.25) is 0 Å². The van der Waals surface area contributed by atoms with Crippen molar-refractivity contribution in [1.29, 1.82) is 0 Å². The minimum Gasteiger partial charge on any atom is -0.411 e. The number of hydrogen-bond donors (Lipinski definition) is 1. The van der Waals surface area contributed by atoms with Gasteiger partial charge in [0, 0.05) is 0 Å². The van der Waals surface area contributed by atoms with E-state index in [4.69, 9.17) is 5.21 Å². The Morgan fingerprint density at radius 3 is 3.00 bits per heavy atom. The SMILES string of the molecule is O/N=C/c1cccc(Br)n1. The zero-order chi connectivity index (χ0) is 7.40. The van der Waals surface area contributed by atoms with Gasteiger partial charge in [-0.15, -0.1) is 0 Å². The third-order valence-corrected chi connectivity index (χ3v) is 1.37. The predicted molar refractivity (Wildman–Crippen MR) is 41.3 cm³/mol. The fourth-order valence-corrected chi connectivity index (χ4v) is 0.912. The van der Waals surface area contributed by atoms with Gasteiger partial charge in [0.15, 0.2) is 0 Å². The Labute approximate surface area is 66.5 Å². The molecule has 0 aliphatic rings. The molecule has 1 rings (SSSR count). The molecule has 0 radical (unpaired) electrons. The van der Waals surface area contributed by atoms with E-state index < -0.39 is 0 Å². The lowest BCUT2D eigenvalue weighted by molar-refractivity contribution is 0.321. The van der Waals surface area contributed by atoms with Crippen LogP contribution in [0.15, 0.2) is 28.0 Å². The lowest BCUT2D eigenvalue weighted by Gasteiger charge is -1.89. The third-order valence-electron chi connectivity index (χ3n) is 0.927. The molecular formula is C6H5BrN2O. The maximum atomic E-state index is 8.12. The van der Waals surface area contributed by atoms with E-state index >= 15 is 0 Å². The number of nitrogens with zero attached hydrogens (tertiary/aromatic N) is 2. The topological polar surface area (TPSA) is 45.5 Å². The maximum Gasteiger partial charge on any atom is 0.106 e. The van der Waals surface area contributed by atoms with Gasteiger partial charge < -0.3 is 5.21 Å². The van der Waals surface area contributed by atoms with Crippen molar-refractivity contribution in [3.63, 3.8) is 0 Å². The number of oxime groups is 1. The van der Waals surface area contributed by atoms with Crippen molar-refractivity contribution >= 4 is 22.1 Å². The monoisotopic (exact) mass is 200 g/mol. The first-order valence-corrected chi connectivity index (χ1v) is 3.42. The lowest BCUT2D eigenvalue weighted by atomic mass is 10.4. The Morgan fingerprint density at radius 2 is 2.40 bits per heavy atom. The molecule has 1 aromatic heterocycles. The van der Waals surface area contributed by atoms with Crippen molar-refractivity contribution in [2.75, 3.05) is 0 Å². The summed E-state index contributed by atoms with van der Waals surface area (Å²) in [7, 11) is 0. The third kappa shape index (κ3) is 1.80. The van der Waals surface area contributed by atoms with Gasteiger partial charge in [0.2, 0.25) is 0 Å². The fraction of sp³-hybridized carbons (Fsp3) is 0. The molecule has 10 heavy (non-hydrogen) atoms. The average Bonchev–Trinajstić information content (AvgIpc) is 1.88. The summed E-state index contributed by atoms with van der Waals surface area (Å²) >= 11 is 3.18. The number of pyridine rings is 1. The molecule has 0 spiro atoms. The molecule has 0 aromatic carbocycles. The highest BCUT2D eigenvalue weighted by Gasteiger charge is 1.89. The summed E-state index contributed by atoms with van der Waals surface area (Å²) in [6.07, 6.45) is 1.27. The maximum absolute atomic E-state index is 8.12. The van der Waals surface area contributed by atoms with Crippen LogP contribution in [0.5, 0.6) is 0 Å². The molecule has 0 saturated heterocycles. The minimum absolute atomic E-state index is 0.622. The molecule has 0 amide bonds. The number of hydrogen-bond acceptors (Lipinski definition) is 3. The number of aromatic nitrogens is 1. The van der Waals surface area contributed by atoms with Crippen molar-refractivity contribution in [1.82, 2.24) is 4.98 Å². The summed E-state index contributed by atoms with van der Waals surface area (Å²) < 4.78 is 0.727. The highest BCUT2D eigenvalue weighted by atomic mass is 79.9. The first-order chi connectivity index (χ1) is 4.83. The van der Waals surface area contributed by atoms with Crippen molar-refractivity contribution < 1.29 is 5.21 Å². The quantitative estimate of drug-likeness (QED) is 0.325. The van der Waals surface area contributed by atoms with Crippen molar-refractivity contribution in [2.45, 2.75) is 0 Å². The van der Waals surface area contributed by atoms with Gasteiger partial charge in [-0.1, -0.05) is 11.2 Å². The van der Waals surface area contributed by atoms with Crippen molar-refractivity contribution in [2.24, 2.45) is 5.16 Å². The Morgan fingerprint density at radius 1 is 1.60 bits per heavy atom. The largest absolute Gasteiger partial charge is 0.411 e. The van der Waals surface area contributed by atoms with Crippen LogP contribution < -0.4 is 0 Å². The second-order valence-electron chi connectivity index (χ2n) is 1.63. The summed E-state index contributed by atoms with van der Waals surface area (Å²) in [6.45, 7) is 0. The van der Waals surface area contributed by atoms with Gasteiger partial charge in [0.1, 0.15) is 4.60 Å². The highest BCUT2D eigenvalue weighted by Crippen LogP contribution is 2.04. The van der Waals surface area contributed by atoms with Gasteiger partial charge in [-0.2, -0.15) is 0 Å². The van der Waals surface area contributed by atoms with E-state index in [1.165, 1.54) is 6.21 Å². The molecule has 0 fully saturated rings. The molecule has 0 aliphatic heterocycles. The van der Waals surface area contributed by atoms with Crippen LogP contribution in [0, 0.1) is 0 Å². The second kappa shape index (κ2) is 3.31. The van der Waals surface area contributed by atoms with Crippen LogP contribution in [-0.4, -0.2) is 16.4 Å². The molecule has 0 atom stereocenters. The van der Waals surface area contributed by atoms with Gasteiger partial charge in [0.25, 0.3) is 0 Å². The summed E-state index contributed by atoms with van der Waals surface area (Å²) in [6, 6.07) is 5.35. The first kappa shape index (κ1) is 7.21. The molecule has 1 heterocycles. The Hall–Kier alpha value is -0.900. The molecule has 0 bridgehead atoms. The molecule has 3 nitrogen and oxygen atoms in total. The molecule has 0 aliphatic carbocycles. The van der Waals surface area contributed by atoms with E-state index in [2.05, 4.69) is 26.1 Å². The molecule has 1 N–H and O–H groups in total. The molecule has 0 saturated carbocycles. The first-order valence-electron chi connectivity index (χ1n) is 2.63. The van der Waals surface area contributed by atoms with E-state index in [9.17, 15) is 0 Å². The van der Waals surface area contributed by atoms with Crippen LogP contribution >= 0.6 is 15.9 Å². The van der Waals surface area contributed by atoms with Crippen LogP contribution in [0.4, 0.5) is 0 Å². The zero-order valence-corrected chi connectivity index (χ0v) is 6.62. The van der Waals surface area contributed by atoms with Crippen LogP contribution in [-0.2, 0) is 0 Å². The molecule has 1 aromatic rings. The van der Waals surface area contributed by atoms with Crippen LogP contribution in [0.1, 0.15) is 5.69 Å². The standard InChI is InChI=1S/C6H5BrN2O/c7-6-3-1-2-5(9-6)4-8-10/h1-4,10H/b8-4+. The Balaban J connectivity index is 2.95. The normalized spacial score (nSPS) is 10.5. The Bertz CT molecular complexity index is 249. The van der Waals surface area contributed by atoms with Crippen molar-refractivity contribution in [3.05, 3.63) is 28.5 Å². The van der Waals surface area contributed by atoms with Crippen molar-refractivity contribution in [3.8, 4) is 0 Å². The fourth-order valence-electron chi connectivity index (χ4n) is 0.555. The summed E-state index contributed by atoms with van der Waals surface area (Å²) in [5.41, 5.74) is 0.622. The van der Waals surface area contributed by atoms with Gasteiger partial charge in [-0.05, 0) is 28.1 Å². The molecule has 4 heteroatoms. The number of halogens is 1. The molecular weight excluding hydrogens is 196 g/mol. The van der Waals surface area contributed by atoms with Crippen LogP contribution in [0.3, 0.4) is 0 Å². The van der Waals surface area contributed by atoms with E-state index in [0.717, 1.165) is 4.60 Å². The van der Waals surface area contributed by atoms with Crippen LogP contribution in [0.2, 0.25) is 0 Å². The summed E-state index contributed by atoms with van der Waals surface area (Å²) in [5.74, 6) is 0. The van der Waals surface area contributed by atoms with Crippen LogP contribution in [0.25, 0.3) is 0 Å². The lowest BCUT2D eigenvalue weighted by Crippen LogP contribution is -1.85. The zero-order valence-electron chi connectivity index (χ0n) is 5.03. The molecule has 52 valence electrons. The van der Waals surface area contributed by atoms with Gasteiger partial charge in [0.05, 0.1) is 11.9 Å². The van der Waals surface area contributed by atoms with Gasteiger partial charge >= 0.3 is 0 Å². The second-order valence-corrected chi connectivity index (χ2v) is 2.44. The Kier molecular flexibility index (Phi) is 2.39. The van der Waals surface area contributed by atoms with E-state index in [1.54, 1.807) is 12.1 Å². The summed E-state index contributed by atoms with van der Waals surface area (Å²) in [4.78, 5) is 3.97. The minimum atomic E-state index is 0.622. The van der Waals surface area contributed by atoms with E-state index in [0.29, 0.717) is 5.69 Å². The predicted octanol–water partition coefficient (Wildman–Crippen LogP) is 1.65. The van der Waals surface area contributed by atoms with E-state index in [-0.39, 0.29) is 0 Å². The smallest absolute Gasteiger partial charge is 0.106 e. The van der Waals surface area contributed by atoms with E-state index in [1.807, 2.05) is 6.07 Å². The average molecular weight is 201 g/mol. The van der Waals surface area contributed by atoms with Gasteiger partial charge in [-0.25, -0.2) is 4.98 Å². The summed E-state index contributed by atoms with van der Waals surface area (Å²) in [5, 5.41) is 11.0. The molecule has 0 unspecified atom stereocenters. The highest BCUT2D eigenvalue weighted by molar-refractivity contribution is 9.10.